The van der Waals surface area contributed by atoms with Crippen LogP contribution in [0.25, 0.3) is 11.0 Å². The third kappa shape index (κ3) is 1.52. The second-order valence-electron chi connectivity index (χ2n) is 4.77. The lowest BCUT2D eigenvalue weighted by molar-refractivity contribution is 0.527. The molecule has 3 heterocycles. The molecule has 1 atom stereocenters. The van der Waals surface area contributed by atoms with Crippen LogP contribution in [0.3, 0.4) is 0 Å². The van der Waals surface area contributed by atoms with Crippen molar-refractivity contribution in [3.8, 4) is 0 Å². The van der Waals surface area contributed by atoms with E-state index < -0.39 is 0 Å². The molecular formula is C12H17N5O. The molecule has 2 aromatic heterocycles. The number of nitrogens with zero attached hydrogens (tertiary/aromatic N) is 4. The zero-order chi connectivity index (χ0) is 12.7. The maximum Gasteiger partial charge on any atom is 0.262 e. The van der Waals surface area contributed by atoms with Crippen LogP contribution in [0, 0.1) is 0 Å². The molecule has 0 bridgehead atoms. The lowest BCUT2D eigenvalue weighted by Gasteiger charge is -2.23. The van der Waals surface area contributed by atoms with Crippen LogP contribution in [0.5, 0.6) is 0 Å². The van der Waals surface area contributed by atoms with E-state index in [-0.39, 0.29) is 5.56 Å². The molecule has 0 saturated carbocycles. The number of aromatic amines is 1. The summed E-state index contributed by atoms with van der Waals surface area (Å²) in [5, 5.41) is 7.37. The molecule has 1 saturated heterocycles. The third-order valence-corrected chi connectivity index (χ3v) is 3.62. The molecule has 96 valence electrons. The minimum atomic E-state index is -0.102. The zero-order valence-electron chi connectivity index (χ0n) is 10.7. The van der Waals surface area contributed by atoms with Crippen LogP contribution >= 0.6 is 0 Å². The summed E-state index contributed by atoms with van der Waals surface area (Å²) in [6, 6.07) is 0.443. The van der Waals surface area contributed by atoms with Crippen molar-refractivity contribution >= 4 is 11.0 Å². The number of aryl methyl sites for hydroxylation is 1. The highest BCUT2D eigenvalue weighted by atomic mass is 16.1. The first-order valence-corrected chi connectivity index (χ1v) is 6.44. The number of nitrogens with one attached hydrogen (secondary N) is 1. The predicted molar refractivity (Wildman–Crippen MR) is 69.3 cm³/mol. The molecule has 6 heteroatoms. The van der Waals surface area contributed by atoms with Crippen molar-refractivity contribution in [3.05, 3.63) is 22.4 Å². The molecular weight excluding hydrogens is 230 g/mol. The van der Waals surface area contributed by atoms with E-state index in [9.17, 15) is 4.79 Å². The van der Waals surface area contributed by atoms with E-state index in [1.165, 1.54) is 6.33 Å². The second kappa shape index (κ2) is 4.12. The van der Waals surface area contributed by atoms with Crippen LogP contribution in [0.2, 0.25) is 0 Å². The molecule has 3 rings (SSSR count). The highest BCUT2D eigenvalue weighted by molar-refractivity contribution is 5.77. The van der Waals surface area contributed by atoms with Crippen molar-refractivity contribution in [2.24, 2.45) is 0 Å². The summed E-state index contributed by atoms with van der Waals surface area (Å²) in [5.74, 6) is 0. The average Bonchev–Trinajstić information content (AvgIpc) is 2.93. The summed E-state index contributed by atoms with van der Waals surface area (Å²) in [5.41, 5.74) is 1.39. The van der Waals surface area contributed by atoms with E-state index in [1.807, 2.05) is 11.7 Å². The first kappa shape index (κ1) is 11.3. The smallest absolute Gasteiger partial charge is 0.262 e. The molecule has 6 nitrogen and oxygen atoms in total. The molecule has 0 aliphatic carbocycles. The first-order valence-electron chi connectivity index (χ1n) is 6.44. The number of hydrogen-bond acceptors (Lipinski definition) is 4. The number of aromatic nitrogens is 4. The highest BCUT2D eigenvalue weighted by Gasteiger charge is 2.25. The van der Waals surface area contributed by atoms with E-state index in [4.69, 9.17) is 0 Å². The lowest BCUT2D eigenvalue weighted by atomic mass is 10.2. The minimum absolute atomic E-state index is 0.102. The lowest BCUT2D eigenvalue weighted by Crippen LogP contribution is -2.38. The summed E-state index contributed by atoms with van der Waals surface area (Å²) in [4.78, 5) is 20.6. The van der Waals surface area contributed by atoms with Crippen LogP contribution in [-0.4, -0.2) is 32.4 Å². The van der Waals surface area contributed by atoms with Crippen LogP contribution in [0.4, 0.5) is 0 Å². The van der Waals surface area contributed by atoms with Gasteiger partial charge in [0.25, 0.3) is 5.56 Å². The Bertz CT molecular complexity index is 629. The van der Waals surface area contributed by atoms with Gasteiger partial charge in [-0.15, -0.1) is 0 Å². The van der Waals surface area contributed by atoms with Gasteiger partial charge in [-0.3, -0.25) is 9.80 Å². The van der Waals surface area contributed by atoms with E-state index in [0.717, 1.165) is 31.5 Å². The molecule has 0 amide bonds. The number of hydrogen-bond donors (Lipinski definition) is 1. The van der Waals surface area contributed by atoms with Gasteiger partial charge >= 0.3 is 0 Å². The third-order valence-electron chi connectivity index (χ3n) is 3.62. The van der Waals surface area contributed by atoms with Crippen LogP contribution < -0.4 is 10.6 Å². The number of fused-ring (bicyclic) bond motifs is 1. The minimum Gasteiger partial charge on any atom is -0.312 e. The van der Waals surface area contributed by atoms with E-state index in [1.54, 1.807) is 0 Å². The Balaban J connectivity index is 2.24. The van der Waals surface area contributed by atoms with Gasteiger partial charge in [-0.25, -0.2) is 4.98 Å². The van der Waals surface area contributed by atoms with Crippen molar-refractivity contribution in [1.29, 1.82) is 0 Å². The molecule has 1 fully saturated rings. The quantitative estimate of drug-likeness (QED) is 0.852. The Morgan fingerprint density at radius 3 is 3.06 bits per heavy atom. The van der Waals surface area contributed by atoms with Gasteiger partial charge in [0.2, 0.25) is 0 Å². The SMILES string of the molecule is CCc1nn(N2CCCC2C)c2nc[nH]c(=O)c12. The monoisotopic (exact) mass is 247 g/mol. The summed E-state index contributed by atoms with van der Waals surface area (Å²) in [7, 11) is 0. The first-order chi connectivity index (χ1) is 8.72. The maximum atomic E-state index is 11.9. The molecule has 0 spiro atoms. The second-order valence-corrected chi connectivity index (χ2v) is 4.77. The van der Waals surface area contributed by atoms with Gasteiger partial charge in [-0.1, -0.05) is 6.92 Å². The standard InChI is InChI=1S/C12H17N5O/c1-3-9-10-11(13-7-14-12(10)18)17(15-9)16-6-4-5-8(16)2/h7-8H,3-6H2,1-2H3,(H,13,14,18). The van der Waals surface area contributed by atoms with Gasteiger partial charge in [0, 0.05) is 12.6 Å². The van der Waals surface area contributed by atoms with E-state index in [2.05, 4.69) is 27.0 Å². The Labute approximate surface area is 105 Å². The Morgan fingerprint density at radius 2 is 2.39 bits per heavy atom. The Morgan fingerprint density at radius 1 is 1.56 bits per heavy atom. The highest BCUT2D eigenvalue weighted by Crippen LogP contribution is 2.19. The zero-order valence-corrected chi connectivity index (χ0v) is 10.7. The topological polar surface area (TPSA) is 66.8 Å². The van der Waals surface area contributed by atoms with Gasteiger partial charge in [-0.2, -0.15) is 9.89 Å². The van der Waals surface area contributed by atoms with Crippen LogP contribution in [0.15, 0.2) is 11.1 Å². The average molecular weight is 247 g/mol. The normalized spacial score (nSPS) is 19.9. The molecule has 2 aromatic rings. The molecule has 0 radical (unpaired) electrons. The van der Waals surface area contributed by atoms with Crippen LogP contribution in [0.1, 0.15) is 32.4 Å². The van der Waals surface area contributed by atoms with Crippen LogP contribution in [-0.2, 0) is 6.42 Å². The van der Waals surface area contributed by atoms with E-state index in [0.29, 0.717) is 17.1 Å². The summed E-state index contributed by atoms with van der Waals surface area (Å²) < 4.78 is 0. The summed E-state index contributed by atoms with van der Waals surface area (Å²) in [6.45, 7) is 5.15. The maximum absolute atomic E-state index is 11.9. The van der Waals surface area contributed by atoms with Crippen molar-refractivity contribution in [2.75, 3.05) is 11.6 Å². The molecule has 1 unspecified atom stereocenters. The molecule has 1 N–H and O–H groups in total. The molecule has 18 heavy (non-hydrogen) atoms. The Hall–Kier alpha value is -1.85. The number of H-pyrrole nitrogens is 1. The fourth-order valence-corrected chi connectivity index (χ4v) is 2.64. The van der Waals surface area contributed by atoms with E-state index >= 15 is 0 Å². The fourth-order valence-electron chi connectivity index (χ4n) is 2.64. The molecule has 1 aliphatic rings. The Kier molecular flexibility index (Phi) is 2.57. The van der Waals surface area contributed by atoms with Gasteiger partial charge in [0.1, 0.15) is 5.39 Å². The van der Waals surface area contributed by atoms with Crippen molar-refractivity contribution in [3.63, 3.8) is 0 Å². The molecule has 1 aliphatic heterocycles. The van der Waals surface area contributed by atoms with Crippen molar-refractivity contribution < 1.29 is 0 Å². The van der Waals surface area contributed by atoms with Gasteiger partial charge in [-0.05, 0) is 26.2 Å². The predicted octanol–water partition coefficient (Wildman–Crippen LogP) is 0.802. The summed E-state index contributed by atoms with van der Waals surface area (Å²) in [6.07, 6.45) is 4.50. The van der Waals surface area contributed by atoms with Gasteiger partial charge in [0.05, 0.1) is 12.0 Å². The van der Waals surface area contributed by atoms with Crippen molar-refractivity contribution in [1.82, 2.24) is 19.9 Å². The van der Waals surface area contributed by atoms with Gasteiger partial charge < -0.3 is 4.98 Å². The van der Waals surface area contributed by atoms with Crippen molar-refractivity contribution in [2.45, 2.75) is 39.2 Å². The largest absolute Gasteiger partial charge is 0.312 e. The summed E-state index contributed by atoms with van der Waals surface area (Å²) >= 11 is 0. The molecule has 0 aromatic carbocycles. The number of rotatable bonds is 2. The van der Waals surface area contributed by atoms with Gasteiger partial charge in [0.15, 0.2) is 5.65 Å². The fraction of sp³-hybridized carbons (Fsp3) is 0.583.